The van der Waals surface area contributed by atoms with Crippen molar-refractivity contribution in [1.82, 2.24) is 4.90 Å². The summed E-state index contributed by atoms with van der Waals surface area (Å²) in [6.07, 6.45) is 9.13. The Morgan fingerprint density at radius 3 is 2.68 bits per heavy atom. The highest BCUT2D eigenvalue weighted by Gasteiger charge is 2.39. The third-order valence-corrected chi connectivity index (χ3v) is 6.36. The number of rotatable bonds is 7. The number of ether oxygens (including phenoxy) is 1. The van der Waals surface area contributed by atoms with Crippen LogP contribution in [0.15, 0.2) is 24.3 Å². The highest BCUT2D eigenvalue weighted by Crippen LogP contribution is 2.37. The highest BCUT2D eigenvalue weighted by atomic mass is 16.5. The first-order valence-corrected chi connectivity index (χ1v) is 11.0. The van der Waals surface area contributed by atoms with Gasteiger partial charge in [-0.3, -0.25) is 9.59 Å². The molecule has 5 nitrogen and oxygen atoms in total. The first kappa shape index (κ1) is 19.4. The van der Waals surface area contributed by atoms with Gasteiger partial charge < -0.3 is 15.0 Å². The fourth-order valence-corrected chi connectivity index (χ4v) is 4.18. The van der Waals surface area contributed by atoms with Crippen LogP contribution in [-0.4, -0.2) is 42.0 Å². The minimum absolute atomic E-state index is 0.0511. The summed E-state index contributed by atoms with van der Waals surface area (Å²) >= 11 is 0. The molecule has 0 unspecified atom stereocenters. The summed E-state index contributed by atoms with van der Waals surface area (Å²) < 4.78 is 6.30. The minimum atomic E-state index is 0.0511. The molecular formula is C23H32N2O3. The number of hydrogen-bond acceptors (Lipinski definition) is 3. The number of benzene rings is 1. The van der Waals surface area contributed by atoms with Gasteiger partial charge in [-0.25, -0.2) is 0 Å². The molecule has 0 aromatic heterocycles. The average Bonchev–Trinajstić information content (AvgIpc) is 3.49. The van der Waals surface area contributed by atoms with E-state index in [2.05, 4.69) is 12.2 Å². The summed E-state index contributed by atoms with van der Waals surface area (Å²) in [7, 11) is 0. The highest BCUT2D eigenvalue weighted by molar-refractivity contribution is 5.98. The second kappa shape index (κ2) is 8.64. The number of morpholine rings is 1. The molecular weight excluding hydrogens is 352 g/mol. The molecule has 1 N–H and O–H groups in total. The van der Waals surface area contributed by atoms with Gasteiger partial charge in [0, 0.05) is 30.3 Å². The molecule has 2 atom stereocenters. The molecule has 0 bridgehead atoms. The van der Waals surface area contributed by atoms with Crippen molar-refractivity contribution in [1.29, 1.82) is 0 Å². The van der Waals surface area contributed by atoms with Crippen molar-refractivity contribution in [2.24, 2.45) is 11.8 Å². The lowest BCUT2D eigenvalue weighted by Crippen LogP contribution is -2.50. The molecule has 1 aromatic carbocycles. The van der Waals surface area contributed by atoms with Gasteiger partial charge in [-0.05, 0) is 56.2 Å². The summed E-state index contributed by atoms with van der Waals surface area (Å²) in [5, 5.41) is 2.98. The average molecular weight is 385 g/mol. The van der Waals surface area contributed by atoms with Gasteiger partial charge in [-0.1, -0.05) is 32.3 Å². The molecule has 2 amide bonds. The zero-order chi connectivity index (χ0) is 19.5. The van der Waals surface area contributed by atoms with Gasteiger partial charge >= 0.3 is 0 Å². The SMILES string of the molecule is CCCC[C@@H]1CN(C(=O)c2cccc(NC(=O)C3CCC3)c2)C[C@H](C2CC2)O1. The molecule has 3 aliphatic rings. The lowest BCUT2D eigenvalue weighted by Gasteiger charge is -2.38. The van der Waals surface area contributed by atoms with Gasteiger partial charge in [0.15, 0.2) is 0 Å². The maximum Gasteiger partial charge on any atom is 0.254 e. The molecule has 28 heavy (non-hydrogen) atoms. The zero-order valence-electron chi connectivity index (χ0n) is 16.9. The summed E-state index contributed by atoms with van der Waals surface area (Å²) in [4.78, 5) is 27.4. The van der Waals surface area contributed by atoms with Crippen LogP contribution in [0.5, 0.6) is 0 Å². The van der Waals surface area contributed by atoms with Gasteiger partial charge in [0.25, 0.3) is 5.91 Å². The number of nitrogens with one attached hydrogen (secondary N) is 1. The molecule has 1 aliphatic heterocycles. The van der Waals surface area contributed by atoms with E-state index in [0.717, 1.165) is 44.2 Å². The molecule has 2 saturated carbocycles. The van der Waals surface area contributed by atoms with E-state index < -0.39 is 0 Å². The first-order valence-electron chi connectivity index (χ1n) is 11.0. The van der Waals surface area contributed by atoms with E-state index in [4.69, 9.17) is 4.74 Å². The maximum atomic E-state index is 13.2. The van der Waals surface area contributed by atoms with Crippen LogP contribution in [-0.2, 0) is 9.53 Å². The standard InChI is InChI=1S/C23H32N2O3/c1-2-3-10-20-14-25(15-21(28-20)16-11-12-16)23(27)18-8-5-9-19(13-18)24-22(26)17-6-4-7-17/h5,8-9,13,16-17,20-21H,2-4,6-7,10-12,14-15H2,1H3,(H,24,26)/t20-,21-/m1/s1. The smallest absolute Gasteiger partial charge is 0.254 e. The van der Waals surface area contributed by atoms with Gasteiger partial charge in [0.2, 0.25) is 5.91 Å². The molecule has 1 aromatic rings. The van der Waals surface area contributed by atoms with Crippen molar-refractivity contribution in [3.05, 3.63) is 29.8 Å². The third-order valence-electron chi connectivity index (χ3n) is 6.36. The Morgan fingerprint density at radius 1 is 1.18 bits per heavy atom. The van der Waals surface area contributed by atoms with Crippen molar-refractivity contribution in [3.63, 3.8) is 0 Å². The molecule has 2 aliphatic carbocycles. The van der Waals surface area contributed by atoms with Crippen molar-refractivity contribution < 1.29 is 14.3 Å². The van der Waals surface area contributed by atoms with Crippen LogP contribution in [0.2, 0.25) is 0 Å². The van der Waals surface area contributed by atoms with E-state index in [9.17, 15) is 9.59 Å². The Hall–Kier alpha value is -1.88. The van der Waals surface area contributed by atoms with E-state index in [-0.39, 0.29) is 29.9 Å². The molecule has 1 heterocycles. The van der Waals surface area contributed by atoms with E-state index in [0.29, 0.717) is 24.6 Å². The van der Waals surface area contributed by atoms with E-state index in [1.165, 1.54) is 12.8 Å². The van der Waals surface area contributed by atoms with Crippen molar-refractivity contribution in [3.8, 4) is 0 Å². The fourth-order valence-electron chi connectivity index (χ4n) is 4.18. The topological polar surface area (TPSA) is 58.6 Å². The molecule has 1 saturated heterocycles. The molecule has 0 radical (unpaired) electrons. The Morgan fingerprint density at radius 2 is 2.00 bits per heavy atom. The van der Waals surface area contributed by atoms with Gasteiger partial charge in [-0.15, -0.1) is 0 Å². The number of anilines is 1. The lowest BCUT2D eigenvalue weighted by atomic mass is 9.85. The van der Waals surface area contributed by atoms with Crippen LogP contribution >= 0.6 is 0 Å². The largest absolute Gasteiger partial charge is 0.371 e. The predicted octanol–water partition coefficient (Wildman–Crippen LogP) is 4.24. The van der Waals surface area contributed by atoms with E-state index in [1.807, 2.05) is 29.2 Å². The summed E-state index contributed by atoms with van der Waals surface area (Å²) in [5.41, 5.74) is 1.37. The molecule has 5 heteroatoms. The molecule has 0 spiro atoms. The summed E-state index contributed by atoms with van der Waals surface area (Å²) in [6, 6.07) is 7.40. The van der Waals surface area contributed by atoms with Crippen LogP contribution in [0, 0.1) is 11.8 Å². The maximum absolute atomic E-state index is 13.2. The van der Waals surface area contributed by atoms with Crippen LogP contribution in [0.25, 0.3) is 0 Å². The zero-order valence-corrected chi connectivity index (χ0v) is 16.9. The second-order valence-corrected chi connectivity index (χ2v) is 8.68. The monoisotopic (exact) mass is 384 g/mol. The number of unbranched alkanes of at least 4 members (excludes halogenated alkanes) is 1. The number of carbonyl (C=O) groups excluding carboxylic acids is 2. The summed E-state index contributed by atoms with van der Waals surface area (Å²) in [5.74, 6) is 0.885. The fraction of sp³-hybridized carbons (Fsp3) is 0.652. The van der Waals surface area contributed by atoms with Crippen molar-refractivity contribution in [2.45, 2.75) is 70.5 Å². The number of carbonyl (C=O) groups is 2. The van der Waals surface area contributed by atoms with Crippen molar-refractivity contribution in [2.75, 3.05) is 18.4 Å². The Bertz CT molecular complexity index is 712. The van der Waals surface area contributed by atoms with Crippen molar-refractivity contribution >= 4 is 17.5 Å². The number of amides is 2. The minimum Gasteiger partial charge on any atom is -0.371 e. The molecule has 4 rings (SSSR count). The molecule has 3 fully saturated rings. The molecule has 152 valence electrons. The Balaban J connectivity index is 1.43. The Kier molecular flexibility index (Phi) is 6.00. The van der Waals surface area contributed by atoms with Gasteiger partial charge in [0.1, 0.15) is 0 Å². The predicted molar refractivity (Wildman–Crippen MR) is 109 cm³/mol. The van der Waals surface area contributed by atoms with Crippen LogP contribution in [0.3, 0.4) is 0 Å². The van der Waals surface area contributed by atoms with Crippen LogP contribution in [0.1, 0.15) is 68.6 Å². The van der Waals surface area contributed by atoms with Crippen LogP contribution in [0.4, 0.5) is 5.69 Å². The number of nitrogens with zero attached hydrogens (tertiary/aromatic N) is 1. The van der Waals surface area contributed by atoms with E-state index in [1.54, 1.807) is 0 Å². The number of hydrogen-bond donors (Lipinski definition) is 1. The third kappa shape index (κ3) is 4.57. The Labute approximate surface area is 167 Å². The van der Waals surface area contributed by atoms with E-state index >= 15 is 0 Å². The quantitative estimate of drug-likeness (QED) is 0.765. The van der Waals surface area contributed by atoms with Crippen LogP contribution < -0.4 is 5.32 Å². The first-order chi connectivity index (χ1) is 13.6. The van der Waals surface area contributed by atoms with Gasteiger partial charge in [-0.2, -0.15) is 0 Å². The second-order valence-electron chi connectivity index (χ2n) is 8.68. The normalized spacial score (nSPS) is 25.2. The summed E-state index contributed by atoms with van der Waals surface area (Å²) in [6.45, 7) is 3.54. The van der Waals surface area contributed by atoms with Gasteiger partial charge in [0.05, 0.1) is 12.2 Å². The lowest BCUT2D eigenvalue weighted by molar-refractivity contribution is -0.122.